The van der Waals surface area contributed by atoms with Crippen LogP contribution in [0.25, 0.3) is 22.3 Å². The highest BCUT2D eigenvalue weighted by atomic mass is 14.4. The number of hydrogen-bond acceptors (Lipinski definition) is 0. The summed E-state index contributed by atoms with van der Waals surface area (Å²) in [5.74, 6) is 0.586. The van der Waals surface area contributed by atoms with Gasteiger partial charge in [-0.05, 0) is 101 Å². The van der Waals surface area contributed by atoms with Crippen molar-refractivity contribution in [3.8, 4) is 22.3 Å². The maximum atomic E-state index is 2.61. The van der Waals surface area contributed by atoms with Gasteiger partial charge in [-0.1, -0.05) is 202 Å². The minimum atomic E-state index is 0.123. The largest absolute Gasteiger partial charge is 0.0654 e. The first-order chi connectivity index (χ1) is 24.1. The van der Waals surface area contributed by atoms with E-state index < -0.39 is 0 Å². The van der Waals surface area contributed by atoms with Crippen molar-refractivity contribution >= 4 is 0 Å². The monoisotopic (exact) mass is 669 g/mol. The molecule has 1 unspecified atom stereocenters. The summed E-state index contributed by atoms with van der Waals surface area (Å²) < 4.78 is 0. The molecule has 0 heterocycles. The third kappa shape index (κ3) is 9.60. The highest BCUT2D eigenvalue weighted by Gasteiger charge is 2.42. The normalized spacial score (nSPS) is 14.1. The van der Waals surface area contributed by atoms with Gasteiger partial charge >= 0.3 is 0 Å². The SMILES string of the molecule is CCCCCCCCC1(CCCCCCCC)c2cc(C)ccc2-c2ccc(-c3ccc(CC(Cc4ccc(C)cc4)C(C)(C)C)cc3)cc21. The van der Waals surface area contributed by atoms with Gasteiger partial charge in [0.1, 0.15) is 0 Å². The molecule has 0 nitrogen and oxygen atoms in total. The van der Waals surface area contributed by atoms with Crippen molar-refractivity contribution in [2.45, 2.75) is 157 Å². The van der Waals surface area contributed by atoms with Gasteiger partial charge in [-0.2, -0.15) is 0 Å². The van der Waals surface area contributed by atoms with E-state index in [-0.39, 0.29) is 10.8 Å². The van der Waals surface area contributed by atoms with Crippen LogP contribution in [0, 0.1) is 25.2 Å². The van der Waals surface area contributed by atoms with Crippen molar-refractivity contribution in [3.63, 3.8) is 0 Å². The van der Waals surface area contributed by atoms with E-state index in [1.54, 1.807) is 11.1 Å². The van der Waals surface area contributed by atoms with Crippen LogP contribution in [0.2, 0.25) is 0 Å². The molecule has 0 N–H and O–H groups in total. The molecule has 1 aliphatic carbocycles. The maximum Gasteiger partial charge on any atom is 0.0215 e. The van der Waals surface area contributed by atoms with Crippen LogP contribution in [0.4, 0.5) is 0 Å². The van der Waals surface area contributed by atoms with Crippen molar-refractivity contribution in [2.75, 3.05) is 0 Å². The van der Waals surface area contributed by atoms with Gasteiger partial charge in [0.2, 0.25) is 0 Å². The Morgan fingerprint density at radius 2 is 0.920 bits per heavy atom. The number of benzene rings is 4. The standard InChI is InChI=1S/C50H68/c1-8-10-12-14-16-18-32-50(33-19-17-15-13-11-9-2)47-34-39(4)22-30-45(47)46-31-29-43(37-48(46)50)42-27-25-41(26-28-42)36-44(49(5,6)7)35-40-23-20-38(3)21-24-40/h20-31,34,37,44H,8-19,32-33,35-36H2,1-7H3. The number of aryl methyl sites for hydroxylation is 2. The minimum absolute atomic E-state index is 0.123. The van der Waals surface area contributed by atoms with Gasteiger partial charge in [0.05, 0.1) is 0 Å². The molecule has 0 fully saturated rings. The number of fused-ring (bicyclic) bond motifs is 3. The topological polar surface area (TPSA) is 0 Å². The fraction of sp³-hybridized carbons (Fsp3) is 0.520. The van der Waals surface area contributed by atoms with Gasteiger partial charge < -0.3 is 0 Å². The third-order valence-corrected chi connectivity index (χ3v) is 12.0. The first-order valence-corrected chi connectivity index (χ1v) is 20.6. The zero-order chi connectivity index (χ0) is 35.6. The Morgan fingerprint density at radius 3 is 1.46 bits per heavy atom. The van der Waals surface area contributed by atoms with E-state index in [1.165, 1.54) is 134 Å². The van der Waals surface area contributed by atoms with E-state index in [1.807, 2.05) is 0 Å². The van der Waals surface area contributed by atoms with Gasteiger partial charge in [0.15, 0.2) is 0 Å². The number of hydrogen-bond donors (Lipinski definition) is 0. The molecule has 50 heavy (non-hydrogen) atoms. The summed E-state index contributed by atoms with van der Waals surface area (Å²) >= 11 is 0. The second-order valence-corrected chi connectivity index (χ2v) is 17.1. The molecule has 0 spiro atoms. The van der Waals surface area contributed by atoms with Crippen LogP contribution in [-0.4, -0.2) is 0 Å². The molecule has 0 saturated heterocycles. The molecule has 0 aromatic heterocycles. The molecule has 0 radical (unpaired) electrons. The number of rotatable bonds is 19. The summed E-state index contributed by atoms with van der Waals surface area (Å²) in [5.41, 5.74) is 14.9. The van der Waals surface area contributed by atoms with E-state index in [4.69, 9.17) is 0 Å². The molecular weight excluding hydrogens is 601 g/mol. The van der Waals surface area contributed by atoms with E-state index in [0.29, 0.717) is 5.92 Å². The second kappa shape index (κ2) is 17.9. The Bertz CT molecular complexity index is 1590. The second-order valence-electron chi connectivity index (χ2n) is 17.1. The predicted molar refractivity (Wildman–Crippen MR) is 220 cm³/mol. The van der Waals surface area contributed by atoms with E-state index in [9.17, 15) is 0 Å². The zero-order valence-corrected chi connectivity index (χ0v) is 33.0. The zero-order valence-electron chi connectivity index (χ0n) is 33.0. The lowest BCUT2D eigenvalue weighted by atomic mass is 9.70. The van der Waals surface area contributed by atoms with E-state index in [0.717, 1.165) is 12.8 Å². The molecule has 0 aliphatic heterocycles. The van der Waals surface area contributed by atoms with Gasteiger partial charge in [0.25, 0.3) is 0 Å². The molecule has 1 aliphatic rings. The van der Waals surface area contributed by atoms with Gasteiger partial charge in [-0.3, -0.25) is 0 Å². The Hall–Kier alpha value is -3.12. The maximum absolute atomic E-state index is 2.61. The highest BCUT2D eigenvalue weighted by molar-refractivity contribution is 5.84. The van der Waals surface area contributed by atoms with Crippen molar-refractivity contribution < 1.29 is 0 Å². The summed E-state index contributed by atoms with van der Waals surface area (Å²) in [5, 5.41) is 0. The summed E-state index contributed by atoms with van der Waals surface area (Å²) in [7, 11) is 0. The summed E-state index contributed by atoms with van der Waals surface area (Å²) in [6.45, 7) is 16.3. The molecule has 5 rings (SSSR count). The van der Waals surface area contributed by atoms with E-state index >= 15 is 0 Å². The molecule has 268 valence electrons. The molecular formula is C50H68. The quantitative estimate of drug-likeness (QED) is 0.0872. The molecule has 0 bridgehead atoms. The lowest BCUT2D eigenvalue weighted by Gasteiger charge is -2.33. The predicted octanol–water partition coefficient (Wildman–Crippen LogP) is 15.2. The van der Waals surface area contributed by atoms with E-state index in [2.05, 4.69) is 133 Å². The van der Waals surface area contributed by atoms with Crippen LogP contribution < -0.4 is 0 Å². The van der Waals surface area contributed by atoms with Gasteiger partial charge in [-0.15, -0.1) is 0 Å². The molecule has 0 heteroatoms. The average molecular weight is 669 g/mol. The summed E-state index contributed by atoms with van der Waals surface area (Å²) in [6.07, 6.45) is 21.0. The molecule has 0 amide bonds. The third-order valence-electron chi connectivity index (χ3n) is 12.0. The van der Waals surface area contributed by atoms with Gasteiger partial charge in [-0.25, -0.2) is 0 Å². The van der Waals surface area contributed by atoms with Crippen molar-refractivity contribution in [2.24, 2.45) is 11.3 Å². The molecule has 1 atom stereocenters. The van der Waals surface area contributed by atoms with Crippen LogP contribution in [0.5, 0.6) is 0 Å². The first-order valence-electron chi connectivity index (χ1n) is 20.6. The van der Waals surface area contributed by atoms with Gasteiger partial charge in [0, 0.05) is 5.41 Å². The van der Waals surface area contributed by atoms with Crippen LogP contribution >= 0.6 is 0 Å². The van der Waals surface area contributed by atoms with Crippen molar-refractivity contribution in [1.82, 2.24) is 0 Å². The summed E-state index contributed by atoms with van der Waals surface area (Å²) in [4.78, 5) is 0. The first kappa shape index (κ1) is 38.1. The average Bonchev–Trinajstić information content (AvgIpc) is 3.36. The fourth-order valence-electron chi connectivity index (χ4n) is 8.68. The molecule has 4 aromatic carbocycles. The lowest BCUT2D eigenvalue weighted by Crippen LogP contribution is -2.25. The molecule has 4 aromatic rings. The Kier molecular flexibility index (Phi) is 13.6. The highest BCUT2D eigenvalue weighted by Crippen LogP contribution is 2.55. The number of unbranched alkanes of at least 4 members (excludes halogenated alkanes) is 10. The Balaban J connectivity index is 1.42. The summed E-state index contributed by atoms with van der Waals surface area (Å²) in [6, 6.07) is 33.6. The Morgan fingerprint density at radius 1 is 0.480 bits per heavy atom. The smallest absolute Gasteiger partial charge is 0.0215 e. The van der Waals surface area contributed by atoms with Crippen LogP contribution in [0.15, 0.2) is 84.9 Å². The fourth-order valence-corrected chi connectivity index (χ4v) is 8.68. The van der Waals surface area contributed by atoms with Crippen molar-refractivity contribution in [1.29, 1.82) is 0 Å². The van der Waals surface area contributed by atoms with Crippen LogP contribution in [0.3, 0.4) is 0 Å². The van der Waals surface area contributed by atoms with Crippen LogP contribution in [0.1, 0.15) is 158 Å². The Labute approximate surface area is 307 Å². The minimum Gasteiger partial charge on any atom is -0.0654 e. The van der Waals surface area contributed by atoms with Crippen LogP contribution in [-0.2, 0) is 18.3 Å². The lowest BCUT2D eigenvalue weighted by molar-refractivity contribution is 0.237. The molecule has 0 saturated carbocycles. The van der Waals surface area contributed by atoms with Crippen molar-refractivity contribution in [3.05, 3.63) is 118 Å².